The summed E-state index contributed by atoms with van der Waals surface area (Å²) in [4.78, 5) is 12.5. The second kappa shape index (κ2) is 8.78. The third-order valence-electron chi connectivity index (χ3n) is 5.22. The summed E-state index contributed by atoms with van der Waals surface area (Å²) in [5.74, 6) is -0.0587. The van der Waals surface area contributed by atoms with Crippen LogP contribution >= 0.6 is 0 Å². The average molecular weight is 414 g/mol. The molecule has 0 radical (unpaired) electrons. The Hall–Kier alpha value is -2.67. The molecule has 1 aliphatic rings. The van der Waals surface area contributed by atoms with Gasteiger partial charge in [-0.05, 0) is 68.9 Å². The number of amides is 1. The highest BCUT2D eigenvalue weighted by atomic mass is 32.2. The van der Waals surface area contributed by atoms with Crippen molar-refractivity contribution < 1.29 is 13.2 Å². The second-order valence-electron chi connectivity index (χ2n) is 7.64. The molecule has 6 nitrogen and oxygen atoms in total. The van der Waals surface area contributed by atoms with Crippen LogP contribution in [0.2, 0.25) is 0 Å². The van der Waals surface area contributed by atoms with Gasteiger partial charge in [0.25, 0.3) is 15.9 Å². The molecule has 1 aliphatic carbocycles. The standard InChI is InChI=1S/C22H27N3O3S/c1-15-11-12-21(17(3)13-15)25-29(27,28)19-9-6-8-18(14-19)22(26)24-23-20-10-5-4-7-16(20)2/h6,8-9,11-14,16,25H,4-5,7,10H2,1-3H3,(H,24,26)/b23-20-/t16-/m1/s1. The van der Waals surface area contributed by atoms with Crippen LogP contribution in [0.5, 0.6) is 0 Å². The van der Waals surface area contributed by atoms with Crippen molar-refractivity contribution in [3.05, 3.63) is 59.2 Å². The highest BCUT2D eigenvalue weighted by molar-refractivity contribution is 7.92. The molecule has 2 aromatic rings. The maximum absolute atomic E-state index is 12.8. The summed E-state index contributed by atoms with van der Waals surface area (Å²) in [6.07, 6.45) is 4.22. The molecule has 1 amide bonds. The van der Waals surface area contributed by atoms with Gasteiger partial charge in [0.2, 0.25) is 0 Å². The van der Waals surface area contributed by atoms with E-state index in [2.05, 4.69) is 22.2 Å². The van der Waals surface area contributed by atoms with E-state index < -0.39 is 15.9 Å². The van der Waals surface area contributed by atoms with Crippen molar-refractivity contribution in [1.29, 1.82) is 0 Å². The van der Waals surface area contributed by atoms with Crippen LogP contribution in [0, 0.1) is 19.8 Å². The number of hydrogen-bond acceptors (Lipinski definition) is 4. The zero-order valence-electron chi connectivity index (χ0n) is 17.0. The van der Waals surface area contributed by atoms with Gasteiger partial charge in [0.1, 0.15) is 0 Å². The topological polar surface area (TPSA) is 87.6 Å². The summed E-state index contributed by atoms with van der Waals surface area (Å²) < 4.78 is 28.2. The molecule has 154 valence electrons. The lowest BCUT2D eigenvalue weighted by Gasteiger charge is -2.19. The van der Waals surface area contributed by atoms with Crippen LogP contribution < -0.4 is 10.1 Å². The minimum Gasteiger partial charge on any atom is -0.279 e. The van der Waals surface area contributed by atoms with Gasteiger partial charge >= 0.3 is 0 Å². The summed E-state index contributed by atoms with van der Waals surface area (Å²) in [6, 6.07) is 11.5. The number of anilines is 1. The monoisotopic (exact) mass is 413 g/mol. The van der Waals surface area contributed by atoms with Crippen LogP contribution in [-0.2, 0) is 10.0 Å². The molecule has 1 saturated carbocycles. The Bertz CT molecular complexity index is 1050. The summed E-state index contributed by atoms with van der Waals surface area (Å²) in [7, 11) is -3.81. The normalized spacial score (nSPS) is 18.4. The van der Waals surface area contributed by atoms with Crippen LogP contribution in [0.3, 0.4) is 0 Å². The molecule has 29 heavy (non-hydrogen) atoms. The molecule has 0 saturated heterocycles. The highest BCUT2D eigenvalue weighted by Gasteiger charge is 2.19. The van der Waals surface area contributed by atoms with E-state index in [4.69, 9.17) is 0 Å². The number of carbonyl (C=O) groups is 1. The fourth-order valence-electron chi connectivity index (χ4n) is 3.46. The predicted molar refractivity (Wildman–Crippen MR) is 116 cm³/mol. The van der Waals surface area contributed by atoms with Crippen LogP contribution in [0.4, 0.5) is 5.69 Å². The SMILES string of the molecule is Cc1ccc(NS(=O)(=O)c2cccc(C(=O)N/N=C3/CCCC[C@H]3C)c2)c(C)c1. The van der Waals surface area contributed by atoms with Gasteiger partial charge in [0, 0.05) is 11.3 Å². The first-order valence-corrected chi connectivity index (χ1v) is 11.3. The predicted octanol–water partition coefficient (Wildman–Crippen LogP) is 4.40. The first-order valence-electron chi connectivity index (χ1n) is 9.83. The van der Waals surface area contributed by atoms with Gasteiger partial charge in [-0.25, -0.2) is 13.8 Å². The average Bonchev–Trinajstić information content (AvgIpc) is 2.69. The number of sulfonamides is 1. The number of carbonyl (C=O) groups excluding carboxylic acids is 1. The number of hydrazone groups is 1. The quantitative estimate of drug-likeness (QED) is 0.712. The van der Waals surface area contributed by atoms with E-state index in [-0.39, 0.29) is 10.5 Å². The van der Waals surface area contributed by atoms with Crippen molar-refractivity contribution >= 4 is 27.3 Å². The summed E-state index contributed by atoms with van der Waals surface area (Å²) in [5.41, 5.74) is 6.22. The lowest BCUT2D eigenvalue weighted by molar-refractivity contribution is 0.0954. The minimum atomic E-state index is -3.81. The van der Waals surface area contributed by atoms with Gasteiger partial charge in [-0.15, -0.1) is 0 Å². The van der Waals surface area contributed by atoms with E-state index >= 15 is 0 Å². The van der Waals surface area contributed by atoms with E-state index in [9.17, 15) is 13.2 Å². The van der Waals surface area contributed by atoms with Gasteiger partial charge in [-0.1, -0.05) is 37.1 Å². The van der Waals surface area contributed by atoms with Crippen LogP contribution in [0.25, 0.3) is 0 Å². The molecule has 0 bridgehead atoms. The van der Waals surface area contributed by atoms with Crippen molar-refractivity contribution in [2.45, 2.75) is 51.3 Å². The zero-order valence-corrected chi connectivity index (χ0v) is 17.8. The third kappa shape index (κ3) is 5.23. The summed E-state index contributed by atoms with van der Waals surface area (Å²) in [5, 5.41) is 4.27. The number of aryl methyl sites for hydroxylation is 2. The third-order valence-corrected chi connectivity index (χ3v) is 6.59. The molecule has 2 aromatic carbocycles. The van der Waals surface area contributed by atoms with Gasteiger partial charge < -0.3 is 0 Å². The van der Waals surface area contributed by atoms with Crippen molar-refractivity contribution in [2.24, 2.45) is 11.0 Å². The van der Waals surface area contributed by atoms with Gasteiger partial charge in [0.15, 0.2) is 0 Å². The number of hydrogen-bond donors (Lipinski definition) is 2. The Morgan fingerprint density at radius 2 is 1.90 bits per heavy atom. The Labute approximate surface area is 172 Å². The molecule has 2 N–H and O–H groups in total. The molecule has 0 heterocycles. The van der Waals surface area contributed by atoms with E-state index in [1.54, 1.807) is 18.2 Å². The molecular formula is C22H27N3O3S. The maximum Gasteiger partial charge on any atom is 0.271 e. The summed E-state index contributed by atoms with van der Waals surface area (Å²) >= 11 is 0. The lowest BCUT2D eigenvalue weighted by Crippen LogP contribution is -2.24. The van der Waals surface area contributed by atoms with E-state index in [1.165, 1.54) is 18.6 Å². The zero-order chi connectivity index (χ0) is 21.0. The Morgan fingerprint density at radius 1 is 1.10 bits per heavy atom. The number of nitrogens with one attached hydrogen (secondary N) is 2. The van der Waals surface area contributed by atoms with E-state index in [0.717, 1.165) is 36.1 Å². The first kappa shape index (κ1) is 21.0. The van der Waals surface area contributed by atoms with Crippen LogP contribution in [-0.4, -0.2) is 20.0 Å². The largest absolute Gasteiger partial charge is 0.279 e. The number of nitrogens with zero attached hydrogens (tertiary/aromatic N) is 1. The molecule has 0 spiro atoms. The van der Waals surface area contributed by atoms with E-state index in [0.29, 0.717) is 11.6 Å². The smallest absolute Gasteiger partial charge is 0.271 e. The Kier molecular flexibility index (Phi) is 6.37. The van der Waals surface area contributed by atoms with Crippen molar-refractivity contribution in [1.82, 2.24) is 5.43 Å². The Balaban J connectivity index is 1.77. The van der Waals surface area contributed by atoms with E-state index in [1.807, 2.05) is 26.0 Å². The minimum absolute atomic E-state index is 0.0313. The van der Waals surface area contributed by atoms with Crippen LogP contribution in [0.1, 0.15) is 54.1 Å². The first-order chi connectivity index (χ1) is 13.8. The molecule has 7 heteroatoms. The highest BCUT2D eigenvalue weighted by Crippen LogP contribution is 2.22. The van der Waals surface area contributed by atoms with Crippen molar-refractivity contribution in [3.8, 4) is 0 Å². The second-order valence-corrected chi connectivity index (χ2v) is 9.33. The van der Waals surface area contributed by atoms with Gasteiger partial charge in [-0.2, -0.15) is 5.10 Å². The number of rotatable bonds is 5. The lowest BCUT2D eigenvalue weighted by atomic mass is 9.89. The van der Waals surface area contributed by atoms with Crippen LogP contribution in [0.15, 0.2) is 52.5 Å². The molecule has 1 atom stereocenters. The maximum atomic E-state index is 12.8. The van der Waals surface area contributed by atoms with Crippen molar-refractivity contribution in [2.75, 3.05) is 4.72 Å². The molecular weight excluding hydrogens is 386 g/mol. The molecule has 0 aromatic heterocycles. The molecule has 0 aliphatic heterocycles. The molecule has 3 rings (SSSR count). The molecule has 0 unspecified atom stereocenters. The fraction of sp³-hybridized carbons (Fsp3) is 0.364. The van der Waals surface area contributed by atoms with Gasteiger partial charge in [-0.3, -0.25) is 9.52 Å². The Morgan fingerprint density at radius 3 is 2.62 bits per heavy atom. The van der Waals surface area contributed by atoms with Crippen molar-refractivity contribution in [3.63, 3.8) is 0 Å². The summed E-state index contributed by atoms with van der Waals surface area (Å²) in [6.45, 7) is 5.90. The van der Waals surface area contributed by atoms with Gasteiger partial charge in [0.05, 0.1) is 10.6 Å². The number of benzene rings is 2. The molecule has 1 fully saturated rings. The fourth-order valence-corrected chi connectivity index (χ4v) is 4.64.